The molecule has 1 aliphatic rings. The number of rotatable bonds is 6. The number of nitrogens with zero attached hydrogens (tertiary/aromatic N) is 1. The Hall–Kier alpha value is -2.74. The second-order valence-electron chi connectivity index (χ2n) is 6.18. The normalized spacial score (nSPS) is 20.0. The summed E-state index contributed by atoms with van der Waals surface area (Å²) >= 11 is 0. The number of carbonyl (C=O) groups is 3. The van der Waals surface area contributed by atoms with Crippen LogP contribution in [0.5, 0.6) is 0 Å². The second kappa shape index (κ2) is 7.02. The number of anilines is 1. The first-order valence-electron chi connectivity index (χ1n) is 7.96. The molecule has 2 unspecified atom stereocenters. The van der Waals surface area contributed by atoms with Crippen LogP contribution in [-0.2, 0) is 14.4 Å². The minimum absolute atomic E-state index is 0.0843. The molecule has 134 valence electrons. The van der Waals surface area contributed by atoms with Crippen molar-refractivity contribution in [3.8, 4) is 0 Å². The van der Waals surface area contributed by atoms with Crippen LogP contribution in [0.15, 0.2) is 24.3 Å². The average molecular weight is 346 g/mol. The van der Waals surface area contributed by atoms with Gasteiger partial charge in [0.05, 0.1) is 5.92 Å². The van der Waals surface area contributed by atoms with E-state index in [1.807, 2.05) is 0 Å². The quantitative estimate of drug-likeness (QED) is 0.331. The summed E-state index contributed by atoms with van der Waals surface area (Å²) in [7, 11) is 0. The number of hydrogen-bond acceptors (Lipinski definition) is 5. The van der Waals surface area contributed by atoms with Crippen molar-refractivity contribution in [2.24, 2.45) is 22.8 Å². The summed E-state index contributed by atoms with van der Waals surface area (Å²) in [4.78, 5) is 38.3. The number of piperidine rings is 1. The predicted molar refractivity (Wildman–Crippen MR) is 92.3 cm³/mol. The fourth-order valence-electron chi connectivity index (χ4n) is 3.33. The van der Waals surface area contributed by atoms with Crippen molar-refractivity contribution in [3.63, 3.8) is 0 Å². The molecule has 1 fully saturated rings. The zero-order chi connectivity index (χ0) is 18.8. The summed E-state index contributed by atoms with van der Waals surface area (Å²) in [5.74, 6) is -3.50. The molecule has 1 heterocycles. The van der Waals surface area contributed by atoms with E-state index < -0.39 is 35.5 Å². The third-order valence-corrected chi connectivity index (χ3v) is 4.86. The summed E-state index contributed by atoms with van der Waals surface area (Å²) in [6.07, 6.45) is 0.858. The molecular formula is C17H22N4O4. The lowest BCUT2D eigenvalue weighted by atomic mass is 9.68. The number of amides is 1. The number of carboxylic acids is 1. The molecule has 0 bridgehead atoms. The SMILES string of the molecule is CC(=O)C(CN)(C(=O)O)C1CCCN(c2ccc(C(=N)N)cc2)C1=O. The Kier molecular flexibility index (Phi) is 5.22. The van der Waals surface area contributed by atoms with Crippen molar-refractivity contribution in [2.45, 2.75) is 19.8 Å². The fraction of sp³-hybridized carbons (Fsp3) is 0.412. The first kappa shape index (κ1) is 18.6. The van der Waals surface area contributed by atoms with Crippen LogP contribution in [0.2, 0.25) is 0 Å². The number of carboxylic acid groups (broad SMARTS) is 1. The molecule has 1 aromatic carbocycles. The monoisotopic (exact) mass is 346 g/mol. The zero-order valence-corrected chi connectivity index (χ0v) is 14.0. The number of Topliss-reactive ketones (excluding diaryl/α,β-unsaturated/α-hetero) is 1. The van der Waals surface area contributed by atoms with E-state index in [1.54, 1.807) is 24.3 Å². The molecule has 8 nitrogen and oxygen atoms in total. The number of nitrogens with two attached hydrogens (primary N) is 2. The molecule has 25 heavy (non-hydrogen) atoms. The van der Waals surface area contributed by atoms with Gasteiger partial charge in [0.15, 0.2) is 0 Å². The van der Waals surface area contributed by atoms with E-state index in [2.05, 4.69) is 0 Å². The largest absolute Gasteiger partial charge is 0.480 e. The maximum Gasteiger partial charge on any atom is 0.319 e. The van der Waals surface area contributed by atoms with Gasteiger partial charge in [0.2, 0.25) is 5.91 Å². The Morgan fingerprint density at radius 2 is 1.96 bits per heavy atom. The lowest BCUT2D eigenvalue weighted by Crippen LogP contribution is -2.57. The van der Waals surface area contributed by atoms with E-state index >= 15 is 0 Å². The number of amidine groups is 1. The summed E-state index contributed by atoms with van der Waals surface area (Å²) in [6, 6.07) is 6.53. The zero-order valence-electron chi connectivity index (χ0n) is 14.0. The van der Waals surface area contributed by atoms with Gasteiger partial charge in [-0.3, -0.25) is 19.8 Å². The predicted octanol–water partition coefficient (Wildman–Crippen LogP) is 0.332. The first-order chi connectivity index (χ1) is 11.8. The third-order valence-electron chi connectivity index (χ3n) is 4.86. The number of hydrogen-bond donors (Lipinski definition) is 4. The van der Waals surface area contributed by atoms with E-state index in [0.29, 0.717) is 30.6 Å². The van der Waals surface area contributed by atoms with Gasteiger partial charge in [-0.05, 0) is 44.0 Å². The summed E-state index contributed by atoms with van der Waals surface area (Å²) in [5.41, 5.74) is 10.2. The fourth-order valence-corrected chi connectivity index (χ4v) is 3.33. The standard InChI is InChI=1S/C17H22N4O4/c1-10(22)17(9-18,16(24)25)13-3-2-8-21(15(13)23)12-6-4-11(5-7-12)14(19)20/h4-7,13H,2-3,8-9,18H2,1H3,(H3,19,20)(H,24,25). The van der Waals surface area contributed by atoms with E-state index in [4.69, 9.17) is 16.9 Å². The molecule has 0 radical (unpaired) electrons. The van der Waals surface area contributed by atoms with Crippen molar-refractivity contribution in [1.82, 2.24) is 0 Å². The summed E-state index contributed by atoms with van der Waals surface area (Å²) < 4.78 is 0. The van der Waals surface area contributed by atoms with E-state index in [9.17, 15) is 19.5 Å². The highest BCUT2D eigenvalue weighted by Crippen LogP contribution is 2.37. The Balaban J connectivity index is 2.38. The molecule has 2 atom stereocenters. The average Bonchev–Trinajstić information content (AvgIpc) is 2.57. The van der Waals surface area contributed by atoms with Gasteiger partial charge in [-0.1, -0.05) is 0 Å². The molecule has 0 saturated carbocycles. The van der Waals surface area contributed by atoms with Gasteiger partial charge in [0.25, 0.3) is 0 Å². The molecule has 1 saturated heterocycles. The van der Waals surface area contributed by atoms with Crippen molar-refractivity contribution in [2.75, 3.05) is 18.0 Å². The lowest BCUT2D eigenvalue weighted by molar-refractivity contribution is -0.161. The summed E-state index contributed by atoms with van der Waals surface area (Å²) in [6.45, 7) is 1.16. The molecule has 0 aliphatic carbocycles. The van der Waals surface area contributed by atoms with Gasteiger partial charge >= 0.3 is 5.97 Å². The number of carbonyl (C=O) groups excluding carboxylic acids is 2. The van der Waals surface area contributed by atoms with Crippen molar-refractivity contribution in [3.05, 3.63) is 29.8 Å². The Labute approximate surface area is 145 Å². The van der Waals surface area contributed by atoms with Crippen molar-refractivity contribution < 1.29 is 19.5 Å². The van der Waals surface area contributed by atoms with Crippen LogP contribution in [0, 0.1) is 16.7 Å². The number of aliphatic carboxylic acids is 1. The minimum Gasteiger partial charge on any atom is -0.480 e. The molecule has 8 heteroatoms. The maximum atomic E-state index is 12.9. The second-order valence-corrected chi connectivity index (χ2v) is 6.18. The molecule has 0 aromatic heterocycles. The molecule has 6 N–H and O–H groups in total. The van der Waals surface area contributed by atoms with E-state index in [0.717, 1.165) is 6.92 Å². The van der Waals surface area contributed by atoms with Crippen LogP contribution in [0.4, 0.5) is 5.69 Å². The van der Waals surface area contributed by atoms with Crippen LogP contribution in [0.3, 0.4) is 0 Å². The number of nitrogens with one attached hydrogen (secondary N) is 1. The Morgan fingerprint density at radius 3 is 2.40 bits per heavy atom. The number of nitrogen functional groups attached to an aromatic ring is 1. The van der Waals surface area contributed by atoms with Crippen LogP contribution in [0.25, 0.3) is 0 Å². The molecule has 0 spiro atoms. The van der Waals surface area contributed by atoms with Crippen LogP contribution >= 0.6 is 0 Å². The van der Waals surface area contributed by atoms with Crippen molar-refractivity contribution in [1.29, 1.82) is 5.41 Å². The third kappa shape index (κ3) is 3.12. The highest BCUT2D eigenvalue weighted by atomic mass is 16.4. The van der Waals surface area contributed by atoms with Crippen molar-refractivity contribution >= 4 is 29.2 Å². The highest BCUT2D eigenvalue weighted by Gasteiger charge is 2.54. The number of ketones is 1. The smallest absolute Gasteiger partial charge is 0.319 e. The Bertz CT molecular complexity index is 700. The van der Waals surface area contributed by atoms with Gasteiger partial charge in [0.1, 0.15) is 17.0 Å². The van der Waals surface area contributed by atoms with Crippen LogP contribution in [-0.4, -0.2) is 41.7 Å². The molecule has 2 rings (SSSR count). The van der Waals surface area contributed by atoms with Gasteiger partial charge in [0, 0.05) is 24.3 Å². The van der Waals surface area contributed by atoms with Crippen LogP contribution in [0.1, 0.15) is 25.3 Å². The molecule has 1 amide bonds. The highest BCUT2D eigenvalue weighted by molar-refractivity contribution is 6.09. The van der Waals surface area contributed by atoms with Gasteiger partial charge in [-0.25, -0.2) is 0 Å². The lowest BCUT2D eigenvalue weighted by Gasteiger charge is -2.40. The molecule has 1 aromatic rings. The van der Waals surface area contributed by atoms with Gasteiger partial charge in [-0.2, -0.15) is 0 Å². The van der Waals surface area contributed by atoms with Gasteiger partial charge in [-0.15, -0.1) is 0 Å². The minimum atomic E-state index is -1.91. The van der Waals surface area contributed by atoms with Crippen LogP contribution < -0.4 is 16.4 Å². The van der Waals surface area contributed by atoms with E-state index in [1.165, 1.54) is 4.90 Å². The topological polar surface area (TPSA) is 151 Å². The van der Waals surface area contributed by atoms with E-state index in [-0.39, 0.29) is 5.84 Å². The first-order valence-corrected chi connectivity index (χ1v) is 7.96. The molecule has 1 aliphatic heterocycles. The Morgan fingerprint density at radius 1 is 1.36 bits per heavy atom. The number of benzene rings is 1. The summed E-state index contributed by atoms with van der Waals surface area (Å²) in [5, 5.41) is 17.0. The maximum absolute atomic E-state index is 12.9. The van der Waals surface area contributed by atoms with Gasteiger partial charge < -0.3 is 21.5 Å². The molecular weight excluding hydrogens is 324 g/mol.